The van der Waals surface area contributed by atoms with E-state index in [-0.39, 0.29) is 17.3 Å². The van der Waals surface area contributed by atoms with Gasteiger partial charge in [0.15, 0.2) is 0 Å². The highest BCUT2D eigenvalue weighted by Crippen LogP contribution is 2.31. The second-order valence-corrected chi connectivity index (χ2v) is 4.22. The van der Waals surface area contributed by atoms with Gasteiger partial charge in [-0.25, -0.2) is 4.98 Å². The van der Waals surface area contributed by atoms with Crippen molar-refractivity contribution in [1.29, 1.82) is 0 Å². The lowest BCUT2D eigenvalue weighted by atomic mass is 10.2. The molecule has 7 nitrogen and oxygen atoms in total. The largest absolute Gasteiger partial charge is 0.432 e. The number of nitro benzene ring substituents is 1. The van der Waals surface area contributed by atoms with E-state index in [0.29, 0.717) is 11.6 Å². The summed E-state index contributed by atoms with van der Waals surface area (Å²) in [6.07, 6.45) is 0. The molecule has 1 N–H and O–H groups in total. The number of nitro groups is 1. The topological polar surface area (TPSA) is 90.2 Å². The molecular weight excluding hydrogens is 260 g/mol. The summed E-state index contributed by atoms with van der Waals surface area (Å²) in [5.74, 6) is 1.51. The van der Waals surface area contributed by atoms with Gasteiger partial charge in [-0.15, -0.1) is 0 Å². The Hall–Kier alpha value is -2.70. The molecule has 0 aliphatic heterocycles. The molecule has 1 heterocycles. The Kier molecular flexibility index (Phi) is 3.79. The third-order valence-electron chi connectivity index (χ3n) is 2.60. The number of nitrogens with zero attached hydrogens (tertiary/aromatic N) is 3. The monoisotopic (exact) mass is 274 g/mol. The van der Waals surface area contributed by atoms with Crippen LogP contribution in [-0.2, 0) is 0 Å². The molecule has 1 aromatic heterocycles. The molecule has 20 heavy (non-hydrogen) atoms. The average Bonchev–Trinajstić information content (AvgIpc) is 2.40. The number of anilines is 1. The number of nitrogens with one attached hydrogen (secondary N) is 1. The molecule has 1 aromatic carbocycles. The predicted octanol–water partition coefficient (Wildman–Crippen LogP) is 2.84. The summed E-state index contributed by atoms with van der Waals surface area (Å²) in [5, 5.41) is 13.9. The third kappa shape index (κ3) is 3.00. The maximum atomic E-state index is 11.0. The lowest BCUT2D eigenvalue weighted by Crippen LogP contribution is -2.00. The number of ether oxygens (including phenoxy) is 1. The van der Waals surface area contributed by atoms with E-state index in [0.717, 1.165) is 5.56 Å². The Labute approximate surface area is 115 Å². The fourth-order valence-corrected chi connectivity index (χ4v) is 1.69. The van der Waals surface area contributed by atoms with Crippen molar-refractivity contribution < 1.29 is 9.66 Å². The number of benzene rings is 1. The zero-order valence-corrected chi connectivity index (χ0v) is 11.4. The number of aromatic nitrogens is 2. The molecule has 0 spiro atoms. The van der Waals surface area contributed by atoms with Crippen molar-refractivity contribution in [2.75, 3.05) is 12.4 Å². The minimum atomic E-state index is -0.477. The number of hydrogen-bond acceptors (Lipinski definition) is 6. The van der Waals surface area contributed by atoms with Gasteiger partial charge in [0.25, 0.3) is 0 Å². The highest BCUT2D eigenvalue weighted by molar-refractivity contribution is 5.50. The lowest BCUT2D eigenvalue weighted by molar-refractivity contribution is -0.385. The Balaban J connectivity index is 2.39. The smallest absolute Gasteiger partial charge is 0.311 e. The molecule has 0 aliphatic carbocycles. The maximum Gasteiger partial charge on any atom is 0.311 e. The molecule has 0 atom stereocenters. The molecule has 0 fully saturated rings. The van der Waals surface area contributed by atoms with E-state index in [1.165, 1.54) is 6.07 Å². The first-order valence-corrected chi connectivity index (χ1v) is 5.96. The zero-order chi connectivity index (χ0) is 14.7. The Morgan fingerprint density at radius 3 is 2.65 bits per heavy atom. The van der Waals surface area contributed by atoms with Crippen molar-refractivity contribution in [3.05, 3.63) is 45.8 Å². The summed E-state index contributed by atoms with van der Waals surface area (Å²) < 4.78 is 5.52. The fourth-order valence-electron chi connectivity index (χ4n) is 1.69. The van der Waals surface area contributed by atoms with Gasteiger partial charge in [-0.2, -0.15) is 4.98 Å². The summed E-state index contributed by atoms with van der Waals surface area (Å²) in [5.41, 5.74) is 0.700. The van der Waals surface area contributed by atoms with Crippen LogP contribution < -0.4 is 10.1 Å². The van der Waals surface area contributed by atoms with E-state index >= 15 is 0 Å². The van der Waals surface area contributed by atoms with Crippen LogP contribution >= 0.6 is 0 Å². The van der Waals surface area contributed by atoms with Gasteiger partial charge in [0.05, 0.1) is 4.92 Å². The summed E-state index contributed by atoms with van der Waals surface area (Å²) in [7, 11) is 1.72. The van der Waals surface area contributed by atoms with Gasteiger partial charge in [0.2, 0.25) is 11.6 Å². The van der Waals surface area contributed by atoms with Gasteiger partial charge in [0, 0.05) is 19.2 Å². The van der Waals surface area contributed by atoms with Crippen LogP contribution in [0.1, 0.15) is 11.4 Å². The molecule has 0 aliphatic rings. The maximum absolute atomic E-state index is 11.0. The molecular formula is C13H14N4O3. The molecule has 2 aromatic rings. The fraction of sp³-hybridized carbons (Fsp3) is 0.231. The van der Waals surface area contributed by atoms with Crippen LogP contribution in [0.2, 0.25) is 0 Å². The normalized spacial score (nSPS) is 10.2. The van der Waals surface area contributed by atoms with Crippen LogP contribution in [0.15, 0.2) is 24.3 Å². The van der Waals surface area contributed by atoms with E-state index in [1.54, 1.807) is 39.1 Å². The first kappa shape index (κ1) is 13.7. The first-order chi connectivity index (χ1) is 9.49. The highest BCUT2D eigenvalue weighted by atomic mass is 16.6. The van der Waals surface area contributed by atoms with Crippen LogP contribution in [0.25, 0.3) is 0 Å². The van der Waals surface area contributed by atoms with Crippen LogP contribution in [0.5, 0.6) is 11.6 Å². The first-order valence-electron chi connectivity index (χ1n) is 5.96. The average molecular weight is 274 g/mol. The minimum absolute atomic E-state index is 0.0905. The second kappa shape index (κ2) is 5.52. The van der Waals surface area contributed by atoms with E-state index < -0.39 is 4.92 Å². The summed E-state index contributed by atoms with van der Waals surface area (Å²) in [6.45, 7) is 3.50. The van der Waals surface area contributed by atoms with Crippen molar-refractivity contribution in [3.8, 4) is 11.6 Å². The summed E-state index contributed by atoms with van der Waals surface area (Å²) >= 11 is 0. The van der Waals surface area contributed by atoms with Crippen LogP contribution in [0.4, 0.5) is 11.5 Å². The van der Waals surface area contributed by atoms with Gasteiger partial charge in [0.1, 0.15) is 11.6 Å². The van der Waals surface area contributed by atoms with Gasteiger partial charge < -0.3 is 10.1 Å². The second-order valence-electron chi connectivity index (χ2n) is 4.22. The van der Waals surface area contributed by atoms with Crippen molar-refractivity contribution in [2.45, 2.75) is 13.8 Å². The summed E-state index contributed by atoms with van der Waals surface area (Å²) in [4.78, 5) is 18.8. The molecule has 7 heteroatoms. The van der Waals surface area contributed by atoms with Gasteiger partial charge >= 0.3 is 5.69 Å². The number of aryl methyl sites for hydroxylation is 2. The zero-order valence-electron chi connectivity index (χ0n) is 11.4. The number of rotatable bonds is 4. The number of hydrogen-bond donors (Lipinski definition) is 1. The van der Waals surface area contributed by atoms with Crippen molar-refractivity contribution in [1.82, 2.24) is 9.97 Å². The molecule has 0 unspecified atom stereocenters. The van der Waals surface area contributed by atoms with Gasteiger partial charge in [-0.1, -0.05) is 6.07 Å². The third-order valence-corrected chi connectivity index (χ3v) is 2.60. The molecule has 0 amide bonds. The van der Waals surface area contributed by atoms with Gasteiger partial charge in [-0.05, 0) is 25.5 Å². The van der Waals surface area contributed by atoms with Crippen LogP contribution in [0, 0.1) is 24.0 Å². The van der Waals surface area contributed by atoms with Crippen molar-refractivity contribution >= 4 is 11.5 Å². The Morgan fingerprint density at radius 2 is 2.00 bits per heavy atom. The van der Waals surface area contributed by atoms with Gasteiger partial charge in [-0.3, -0.25) is 10.1 Å². The van der Waals surface area contributed by atoms with Crippen molar-refractivity contribution in [3.63, 3.8) is 0 Å². The van der Waals surface area contributed by atoms with E-state index in [9.17, 15) is 10.1 Å². The van der Waals surface area contributed by atoms with Crippen molar-refractivity contribution in [2.24, 2.45) is 0 Å². The standard InChI is InChI=1S/C13H14N4O3/c1-8-4-5-11(10(6-8)17(18)19)20-13-7-12(14-3)15-9(2)16-13/h4-7H,1-3H3,(H,14,15,16). The highest BCUT2D eigenvalue weighted by Gasteiger charge is 2.16. The quantitative estimate of drug-likeness (QED) is 0.681. The SMILES string of the molecule is CNc1cc(Oc2ccc(C)cc2[N+](=O)[O-])nc(C)n1. The molecule has 0 bridgehead atoms. The molecule has 0 saturated heterocycles. The lowest BCUT2D eigenvalue weighted by Gasteiger charge is -2.08. The van der Waals surface area contributed by atoms with E-state index in [2.05, 4.69) is 15.3 Å². The van der Waals surface area contributed by atoms with E-state index in [4.69, 9.17) is 4.74 Å². The molecule has 104 valence electrons. The predicted molar refractivity (Wildman–Crippen MR) is 74.2 cm³/mol. The Morgan fingerprint density at radius 1 is 1.25 bits per heavy atom. The molecule has 2 rings (SSSR count). The van der Waals surface area contributed by atoms with Crippen LogP contribution in [0.3, 0.4) is 0 Å². The summed E-state index contributed by atoms with van der Waals surface area (Å²) in [6, 6.07) is 6.35. The molecule has 0 radical (unpaired) electrons. The Bertz CT molecular complexity index is 658. The molecule has 0 saturated carbocycles. The van der Waals surface area contributed by atoms with E-state index in [1.807, 2.05) is 0 Å². The minimum Gasteiger partial charge on any atom is -0.432 e. The van der Waals surface area contributed by atoms with Crippen LogP contribution in [-0.4, -0.2) is 21.9 Å².